The highest BCUT2D eigenvalue weighted by molar-refractivity contribution is 7.87. The third kappa shape index (κ3) is 4.33. The van der Waals surface area contributed by atoms with Gasteiger partial charge in [-0.3, -0.25) is 4.79 Å². The van der Waals surface area contributed by atoms with Gasteiger partial charge < -0.3 is 4.74 Å². The molecule has 8 heteroatoms. The van der Waals surface area contributed by atoms with Crippen molar-refractivity contribution in [3.05, 3.63) is 29.1 Å². The highest BCUT2D eigenvalue weighted by Crippen LogP contribution is 2.45. The maximum absolute atomic E-state index is 14.7. The second kappa shape index (κ2) is 7.99. The summed E-state index contributed by atoms with van der Waals surface area (Å²) >= 11 is 0. The number of carbonyl (C=O) groups excluding carboxylic acids is 1. The zero-order valence-electron chi connectivity index (χ0n) is 16.0. The number of carbonyl (C=O) groups is 1. The number of nitrogens with zero attached hydrogens (tertiary/aromatic N) is 1. The van der Waals surface area contributed by atoms with E-state index in [4.69, 9.17) is 4.74 Å². The maximum Gasteiger partial charge on any atom is 0.304 e. The largest absolute Gasteiger partial charge is 0.493 e. The van der Waals surface area contributed by atoms with Crippen LogP contribution in [0.1, 0.15) is 74.6 Å². The van der Waals surface area contributed by atoms with Gasteiger partial charge in [0.1, 0.15) is 11.6 Å². The van der Waals surface area contributed by atoms with Gasteiger partial charge in [0.2, 0.25) is 0 Å². The first-order chi connectivity index (χ1) is 13.4. The molecule has 0 unspecified atom stereocenters. The minimum absolute atomic E-state index is 0. The van der Waals surface area contributed by atoms with Gasteiger partial charge in [0.05, 0.1) is 12.2 Å². The van der Waals surface area contributed by atoms with Crippen LogP contribution in [0.2, 0.25) is 0 Å². The third-order valence-electron chi connectivity index (χ3n) is 5.94. The van der Waals surface area contributed by atoms with Crippen molar-refractivity contribution in [2.24, 2.45) is 5.92 Å². The van der Waals surface area contributed by atoms with Crippen LogP contribution in [0.3, 0.4) is 0 Å². The average molecular weight is 413 g/mol. The molecule has 0 aromatic heterocycles. The van der Waals surface area contributed by atoms with Gasteiger partial charge in [-0.1, -0.05) is 19.3 Å². The second-order valence-corrected chi connectivity index (χ2v) is 9.82. The summed E-state index contributed by atoms with van der Waals surface area (Å²) in [5, 5.41) is 0. The van der Waals surface area contributed by atoms with Crippen LogP contribution in [-0.4, -0.2) is 38.3 Å². The van der Waals surface area contributed by atoms with Crippen LogP contribution in [0, 0.1) is 11.7 Å². The van der Waals surface area contributed by atoms with E-state index in [1.165, 1.54) is 35.7 Å². The van der Waals surface area contributed by atoms with E-state index in [0.717, 1.165) is 37.7 Å². The molecule has 2 saturated carbocycles. The van der Waals surface area contributed by atoms with E-state index in [9.17, 15) is 17.6 Å². The monoisotopic (exact) mass is 412 g/mol. The van der Waals surface area contributed by atoms with Gasteiger partial charge in [0.15, 0.2) is 0 Å². The quantitative estimate of drug-likeness (QED) is 0.743. The maximum atomic E-state index is 14.7. The van der Waals surface area contributed by atoms with Crippen LogP contribution >= 0.6 is 0 Å². The molecule has 0 spiro atoms. The van der Waals surface area contributed by atoms with Crippen molar-refractivity contribution in [1.82, 2.24) is 9.03 Å². The molecule has 1 N–H and O–H groups in total. The lowest BCUT2D eigenvalue weighted by molar-refractivity contribution is 0.0973. The molecule has 1 amide bonds. The van der Waals surface area contributed by atoms with Crippen LogP contribution in [0.25, 0.3) is 0 Å². The van der Waals surface area contributed by atoms with Crippen LogP contribution < -0.4 is 9.46 Å². The number of nitrogens with one attached hydrogen (secondary N) is 1. The van der Waals surface area contributed by atoms with E-state index >= 15 is 0 Å². The summed E-state index contributed by atoms with van der Waals surface area (Å²) in [4.78, 5) is 12.4. The van der Waals surface area contributed by atoms with Crippen molar-refractivity contribution in [3.63, 3.8) is 0 Å². The molecule has 1 aromatic carbocycles. The fourth-order valence-electron chi connectivity index (χ4n) is 3.91. The number of amides is 1. The Bertz CT molecular complexity index is 850. The van der Waals surface area contributed by atoms with Gasteiger partial charge >= 0.3 is 10.2 Å². The molecule has 0 radical (unpaired) electrons. The summed E-state index contributed by atoms with van der Waals surface area (Å²) in [7, 11) is -3.90. The fourth-order valence-corrected chi connectivity index (χ4v) is 5.12. The van der Waals surface area contributed by atoms with Crippen molar-refractivity contribution in [3.8, 4) is 5.75 Å². The lowest BCUT2D eigenvalue weighted by Gasteiger charge is -2.29. The van der Waals surface area contributed by atoms with Gasteiger partial charge in [-0.05, 0) is 55.6 Å². The minimum atomic E-state index is -3.90. The molecule has 1 saturated heterocycles. The standard InChI is InChI=1S/C20H27FN2O4S.H2/c21-18-12-19(27-13-14-5-2-1-3-6-14)16(15-7-8-15)11-17(18)20(24)22-28(25,26)23-9-4-10-23;/h11-12,14-15H,1-10,13H2,(H,22,24);1H. The molecule has 1 heterocycles. The predicted octanol–water partition coefficient (Wildman–Crippen LogP) is 3.59. The normalized spacial score (nSPS) is 21.2. The van der Waals surface area contributed by atoms with E-state index < -0.39 is 21.9 Å². The average Bonchev–Trinajstić information content (AvgIpc) is 3.43. The molecular weight excluding hydrogens is 383 g/mol. The number of hydrogen-bond acceptors (Lipinski definition) is 4. The molecule has 3 aliphatic rings. The molecule has 4 rings (SSSR count). The molecule has 28 heavy (non-hydrogen) atoms. The Balaban J connectivity index is 0.00000240. The van der Waals surface area contributed by atoms with E-state index in [0.29, 0.717) is 31.4 Å². The summed E-state index contributed by atoms with van der Waals surface area (Å²) in [5.74, 6) is -0.439. The summed E-state index contributed by atoms with van der Waals surface area (Å²) in [6.07, 6.45) is 8.67. The molecule has 0 bridgehead atoms. The van der Waals surface area contributed by atoms with Crippen LogP contribution in [0.4, 0.5) is 4.39 Å². The van der Waals surface area contributed by atoms with E-state index in [1.807, 2.05) is 4.72 Å². The Morgan fingerprint density at radius 2 is 1.86 bits per heavy atom. The van der Waals surface area contributed by atoms with Crippen LogP contribution in [-0.2, 0) is 10.2 Å². The van der Waals surface area contributed by atoms with Crippen molar-refractivity contribution in [2.75, 3.05) is 19.7 Å². The highest BCUT2D eigenvalue weighted by Gasteiger charge is 2.33. The smallest absolute Gasteiger partial charge is 0.304 e. The van der Waals surface area contributed by atoms with E-state index in [2.05, 4.69) is 0 Å². The third-order valence-corrected chi connectivity index (χ3v) is 7.43. The molecule has 1 aromatic rings. The van der Waals surface area contributed by atoms with Crippen molar-refractivity contribution in [2.45, 2.75) is 57.3 Å². The Morgan fingerprint density at radius 1 is 1.14 bits per heavy atom. The predicted molar refractivity (Wildman–Crippen MR) is 105 cm³/mol. The Hall–Kier alpha value is -1.67. The molecule has 0 atom stereocenters. The van der Waals surface area contributed by atoms with Gasteiger partial charge in [-0.25, -0.2) is 9.11 Å². The number of benzene rings is 1. The lowest BCUT2D eigenvalue weighted by Crippen LogP contribution is -2.49. The molecule has 2 aliphatic carbocycles. The SMILES string of the molecule is O=C(NS(=O)(=O)N1CCC1)c1cc(C2CC2)c(OCC2CCCCC2)cc1F.[HH]. The van der Waals surface area contributed by atoms with E-state index in [1.54, 1.807) is 0 Å². The van der Waals surface area contributed by atoms with Crippen LogP contribution in [0.5, 0.6) is 5.75 Å². The summed E-state index contributed by atoms with van der Waals surface area (Å²) in [5.41, 5.74) is 0.569. The van der Waals surface area contributed by atoms with Gasteiger partial charge in [0.25, 0.3) is 5.91 Å². The number of rotatable bonds is 7. The first-order valence-corrected chi connectivity index (χ1v) is 11.7. The summed E-state index contributed by atoms with van der Waals surface area (Å²) in [6.45, 7) is 1.33. The Morgan fingerprint density at radius 3 is 2.46 bits per heavy atom. The van der Waals surface area contributed by atoms with Crippen LogP contribution in [0.15, 0.2) is 12.1 Å². The zero-order valence-corrected chi connectivity index (χ0v) is 16.8. The molecule has 6 nitrogen and oxygen atoms in total. The van der Waals surface area contributed by atoms with Gasteiger partial charge in [-0.15, -0.1) is 0 Å². The van der Waals surface area contributed by atoms with Crippen molar-refractivity contribution < 1.29 is 23.8 Å². The summed E-state index contributed by atoms with van der Waals surface area (Å²) < 4.78 is 48.0. The first kappa shape index (κ1) is 19.6. The molecular formula is C20H29FN2O4S. The number of hydrogen-bond donors (Lipinski definition) is 1. The zero-order chi connectivity index (χ0) is 19.7. The fraction of sp³-hybridized carbons (Fsp3) is 0.650. The number of halogens is 1. The topological polar surface area (TPSA) is 75.7 Å². The van der Waals surface area contributed by atoms with Gasteiger partial charge in [-0.2, -0.15) is 12.7 Å². The Labute approximate surface area is 167 Å². The molecule has 156 valence electrons. The Kier molecular flexibility index (Phi) is 5.60. The minimum Gasteiger partial charge on any atom is -0.493 e. The van der Waals surface area contributed by atoms with Crippen molar-refractivity contribution in [1.29, 1.82) is 0 Å². The van der Waals surface area contributed by atoms with Crippen molar-refractivity contribution >= 4 is 16.1 Å². The highest BCUT2D eigenvalue weighted by atomic mass is 32.2. The lowest BCUT2D eigenvalue weighted by atomic mass is 9.90. The van der Waals surface area contributed by atoms with E-state index in [-0.39, 0.29) is 12.9 Å². The number of ether oxygens (including phenoxy) is 1. The second-order valence-electron chi connectivity index (χ2n) is 8.15. The summed E-state index contributed by atoms with van der Waals surface area (Å²) in [6, 6.07) is 2.73. The molecule has 3 fully saturated rings. The van der Waals surface area contributed by atoms with Gasteiger partial charge in [0, 0.05) is 20.6 Å². The molecule has 1 aliphatic heterocycles. The first-order valence-electron chi connectivity index (χ1n) is 10.2.